The van der Waals surface area contributed by atoms with Crippen molar-refractivity contribution in [2.24, 2.45) is 0 Å². The lowest BCUT2D eigenvalue weighted by molar-refractivity contribution is -0.394. The van der Waals surface area contributed by atoms with Crippen molar-refractivity contribution < 1.29 is 19.0 Å². The number of anilines is 1. The molecule has 118 valence electrons. The van der Waals surface area contributed by atoms with Crippen molar-refractivity contribution in [3.05, 3.63) is 73.6 Å². The molecule has 0 unspecified atom stereocenters. The average Bonchev–Trinajstić information content (AvgIpc) is 2.50. The fourth-order valence-electron chi connectivity index (χ4n) is 1.87. The molecule has 1 amide bonds. The van der Waals surface area contributed by atoms with Crippen LogP contribution in [0.25, 0.3) is 0 Å². The summed E-state index contributed by atoms with van der Waals surface area (Å²) < 4.78 is 13.6. The minimum atomic E-state index is -0.888. The van der Waals surface area contributed by atoms with Crippen LogP contribution in [0.1, 0.15) is 15.9 Å². The molecule has 0 atom stereocenters. The minimum absolute atomic E-state index is 0.121. The van der Waals surface area contributed by atoms with Crippen molar-refractivity contribution in [3.8, 4) is 0 Å². The molecule has 1 N–H and O–H groups in total. The van der Waals surface area contributed by atoms with Gasteiger partial charge in [-0.25, -0.2) is 4.39 Å². The van der Waals surface area contributed by atoms with Gasteiger partial charge in [-0.15, -0.1) is 0 Å². The van der Waals surface area contributed by atoms with Gasteiger partial charge in [0, 0.05) is 12.1 Å². The summed E-state index contributed by atoms with van der Waals surface area (Å²) in [7, 11) is 0. The summed E-state index contributed by atoms with van der Waals surface area (Å²) in [6.07, 6.45) is 0. The van der Waals surface area contributed by atoms with Crippen molar-refractivity contribution >= 4 is 23.0 Å². The maximum absolute atomic E-state index is 13.6. The predicted molar refractivity (Wildman–Crippen MR) is 78.8 cm³/mol. The van der Waals surface area contributed by atoms with Crippen LogP contribution in [0.4, 0.5) is 21.5 Å². The number of non-ortho nitro benzene ring substituents is 2. The van der Waals surface area contributed by atoms with E-state index >= 15 is 0 Å². The number of hydrogen-bond acceptors (Lipinski definition) is 5. The minimum Gasteiger partial charge on any atom is -0.319 e. The van der Waals surface area contributed by atoms with E-state index in [2.05, 4.69) is 5.32 Å². The molecule has 23 heavy (non-hydrogen) atoms. The van der Waals surface area contributed by atoms with Crippen molar-refractivity contribution in [1.82, 2.24) is 0 Å². The summed E-state index contributed by atoms with van der Waals surface area (Å²) in [5, 5.41) is 23.8. The number of halogens is 1. The van der Waals surface area contributed by atoms with Crippen LogP contribution in [-0.2, 0) is 0 Å². The smallest absolute Gasteiger partial charge is 0.277 e. The molecule has 2 aromatic carbocycles. The molecule has 0 aliphatic rings. The fourth-order valence-corrected chi connectivity index (χ4v) is 1.87. The van der Waals surface area contributed by atoms with Gasteiger partial charge in [0.25, 0.3) is 17.3 Å². The first-order valence-corrected chi connectivity index (χ1v) is 6.29. The highest BCUT2D eigenvalue weighted by Gasteiger charge is 2.20. The molecule has 0 bridgehead atoms. The topological polar surface area (TPSA) is 115 Å². The van der Waals surface area contributed by atoms with Crippen molar-refractivity contribution in [1.29, 1.82) is 0 Å². The Morgan fingerprint density at radius 3 is 2.13 bits per heavy atom. The van der Waals surface area contributed by atoms with Gasteiger partial charge in [-0.05, 0) is 24.6 Å². The number of aryl methyl sites for hydroxylation is 1. The molecule has 0 heterocycles. The molecule has 8 nitrogen and oxygen atoms in total. The third kappa shape index (κ3) is 3.64. The lowest BCUT2D eigenvalue weighted by Gasteiger charge is -2.07. The van der Waals surface area contributed by atoms with E-state index < -0.39 is 32.9 Å². The number of rotatable bonds is 4. The number of carbonyl (C=O) groups excluding carboxylic acids is 1. The first-order valence-electron chi connectivity index (χ1n) is 6.29. The Morgan fingerprint density at radius 2 is 1.61 bits per heavy atom. The maximum atomic E-state index is 13.6. The van der Waals surface area contributed by atoms with E-state index in [0.717, 1.165) is 24.3 Å². The molecular weight excluding hydrogens is 309 g/mol. The summed E-state index contributed by atoms with van der Waals surface area (Å²) in [6, 6.07) is 6.54. The monoisotopic (exact) mass is 319 g/mol. The maximum Gasteiger partial charge on any atom is 0.277 e. The molecule has 0 aromatic heterocycles. The van der Waals surface area contributed by atoms with Gasteiger partial charge in [0.15, 0.2) is 0 Å². The number of nitrogens with zero attached hydrogens (tertiary/aromatic N) is 2. The van der Waals surface area contributed by atoms with Gasteiger partial charge in [-0.3, -0.25) is 25.0 Å². The van der Waals surface area contributed by atoms with Gasteiger partial charge in [-0.2, -0.15) is 0 Å². The van der Waals surface area contributed by atoms with Crippen molar-refractivity contribution in [2.45, 2.75) is 6.92 Å². The van der Waals surface area contributed by atoms with Crippen LogP contribution in [0.5, 0.6) is 0 Å². The van der Waals surface area contributed by atoms with E-state index in [0.29, 0.717) is 5.56 Å². The van der Waals surface area contributed by atoms with E-state index in [4.69, 9.17) is 0 Å². The molecule has 2 aromatic rings. The summed E-state index contributed by atoms with van der Waals surface area (Å²) in [4.78, 5) is 32.0. The number of carbonyl (C=O) groups is 1. The fraction of sp³-hybridized carbons (Fsp3) is 0.0714. The van der Waals surface area contributed by atoms with E-state index in [1.807, 2.05) is 0 Å². The second kappa shape index (κ2) is 6.18. The average molecular weight is 319 g/mol. The lowest BCUT2D eigenvalue weighted by atomic mass is 10.1. The van der Waals surface area contributed by atoms with Crippen LogP contribution < -0.4 is 5.32 Å². The summed E-state index contributed by atoms with van der Waals surface area (Å²) in [5.74, 6) is -1.58. The van der Waals surface area contributed by atoms with Crippen LogP contribution in [-0.4, -0.2) is 15.8 Å². The Kier molecular flexibility index (Phi) is 4.30. The Hall–Kier alpha value is -3.36. The molecule has 0 aliphatic heterocycles. The quantitative estimate of drug-likeness (QED) is 0.686. The van der Waals surface area contributed by atoms with Gasteiger partial charge >= 0.3 is 0 Å². The van der Waals surface area contributed by atoms with Crippen LogP contribution in [0, 0.1) is 33.0 Å². The Balaban J connectivity index is 2.40. The van der Waals surface area contributed by atoms with Gasteiger partial charge < -0.3 is 5.32 Å². The number of nitro benzene ring substituents is 2. The molecule has 0 saturated carbocycles. The second-order valence-electron chi connectivity index (χ2n) is 4.69. The molecule has 0 fully saturated rings. The number of hydrogen-bond donors (Lipinski definition) is 1. The number of amides is 1. The van der Waals surface area contributed by atoms with Crippen LogP contribution >= 0.6 is 0 Å². The summed E-state index contributed by atoms with van der Waals surface area (Å²) in [5.41, 5.74) is -0.953. The second-order valence-corrected chi connectivity index (χ2v) is 4.69. The van der Waals surface area contributed by atoms with Gasteiger partial charge in [0.1, 0.15) is 5.82 Å². The Bertz CT molecular complexity index is 790. The molecule has 0 spiro atoms. The zero-order valence-electron chi connectivity index (χ0n) is 11.8. The van der Waals surface area contributed by atoms with Crippen LogP contribution in [0.15, 0.2) is 36.4 Å². The third-order valence-electron chi connectivity index (χ3n) is 2.96. The van der Waals surface area contributed by atoms with Gasteiger partial charge in [0.2, 0.25) is 0 Å². The van der Waals surface area contributed by atoms with Crippen molar-refractivity contribution in [3.63, 3.8) is 0 Å². The zero-order valence-corrected chi connectivity index (χ0v) is 11.8. The first kappa shape index (κ1) is 16.0. The number of benzene rings is 2. The molecule has 9 heteroatoms. The molecule has 0 aliphatic carbocycles. The van der Waals surface area contributed by atoms with Crippen LogP contribution in [0.2, 0.25) is 0 Å². The van der Waals surface area contributed by atoms with Crippen molar-refractivity contribution in [2.75, 3.05) is 5.32 Å². The normalized spacial score (nSPS) is 10.2. The lowest BCUT2D eigenvalue weighted by Crippen LogP contribution is -2.14. The largest absolute Gasteiger partial charge is 0.319 e. The SMILES string of the molecule is Cc1ccc(F)c(NC(=O)c2cc([N+](=O)[O-])cc([N+](=O)[O-])c2)c1. The molecule has 2 rings (SSSR count). The van der Waals surface area contributed by atoms with E-state index in [1.54, 1.807) is 6.92 Å². The summed E-state index contributed by atoms with van der Waals surface area (Å²) in [6.45, 7) is 1.69. The van der Waals surface area contributed by atoms with Crippen LogP contribution in [0.3, 0.4) is 0 Å². The third-order valence-corrected chi connectivity index (χ3v) is 2.96. The molecular formula is C14H10FN3O5. The van der Waals surface area contributed by atoms with E-state index in [9.17, 15) is 29.4 Å². The van der Waals surface area contributed by atoms with E-state index in [1.165, 1.54) is 12.1 Å². The first-order chi connectivity index (χ1) is 10.8. The Labute approximate surface area is 128 Å². The number of nitro groups is 2. The highest BCUT2D eigenvalue weighted by atomic mass is 19.1. The standard InChI is InChI=1S/C14H10FN3O5/c1-8-2-3-12(15)13(4-8)16-14(19)9-5-10(17(20)21)7-11(6-9)18(22)23/h2-7H,1H3,(H,16,19). The number of nitrogens with one attached hydrogen (secondary N) is 1. The Morgan fingerprint density at radius 1 is 1.04 bits per heavy atom. The molecule has 0 radical (unpaired) electrons. The highest BCUT2D eigenvalue weighted by Crippen LogP contribution is 2.24. The van der Waals surface area contributed by atoms with E-state index in [-0.39, 0.29) is 11.3 Å². The molecule has 0 saturated heterocycles. The highest BCUT2D eigenvalue weighted by molar-refractivity contribution is 6.05. The summed E-state index contributed by atoms with van der Waals surface area (Å²) >= 11 is 0. The zero-order chi connectivity index (χ0) is 17.1. The van der Waals surface area contributed by atoms with Gasteiger partial charge in [0.05, 0.1) is 27.2 Å². The van der Waals surface area contributed by atoms with Gasteiger partial charge in [-0.1, -0.05) is 6.07 Å². The predicted octanol–water partition coefficient (Wildman–Crippen LogP) is 3.20.